The van der Waals surface area contributed by atoms with Crippen LogP contribution >= 0.6 is 15.9 Å². The highest BCUT2D eigenvalue weighted by Crippen LogP contribution is 2.27. The maximum Gasteiger partial charge on any atom is 0.325 e. The van der Waals surface area contributed by atoms with Gasteiger partial charge in [-0.1, -0.05) is 12.1 Å². The number of aryl methyl sites for hydroxylation is 1. The minimum Gasteiger partial charge on any atom is -0.497 e. The Morgan fingerprint density at radius 1 is 1.13 bits per heavy atom. The number of nitrogens with one attached hydrogen (secondary N) is 1. The second-order valence-electron chi connectivity index (χ2n) is 7.11. The molecular weight excluding hydrogens is 456 g/mol. The summed E-state index contributed by atoms with van der Waals surface area (Å²) in [6.07, 6.45) is 1.08. The minimum atomic E-state index is -1.01. The number of amides is 3. The number of benzene rings is 1. The van der Waals surface area contributed by atoms with Gasteiger partial charge in [0.1, 0.15) is 17.8 Å². The number of hydrogen-bond donors (Lipinski definition) is 1. The van der Waals surface area contributed by atoms with Crippen molar-refractivity contribution in [1.29, 1.82) is 0 Å². The van der Waals surface area contributed by atoms with Crippen molar-refractivity contribution >= 4 is 27.9 Å². The summed E-state index contributed by atoms with van der Waals surface area (Å²) in [5.41, 5.74) is 0.0369. The first-order chi connectivity index (χ1) is 14.4. The second-order valence-corrected chi connectivity index (χ2v) is 7.89. The summed E-state index contributed by atoms with van der Waals surface area (Å²) < 4.78 is 16.6. The first-order valence-corrected chi connectivity index (χ1v) is 10.0. The molecule has 30 heavy (non-hydrogen) atoms. The first-order valence-electron chi connectivity index (χ1n) is 9.23. The number of halogens is 1. The summed E-state index contributed by atoms with van der Waals surface area (Å²) in [7, 11) is 1.61. The third-order valence-corrected chi connectivity index (χ3v) is 5.39. The Balaban J connectivity index is 1.42. The second kappa shape index (κ2) is 7.94. The molecule has 1 unspecified atom stereocenters. The predicted molar refractivity (Wildman–Crippen MR) is 109 cm³/mol. The summed E-state index contributed by atoms with van der Waals surface area (Å²) in [5.74, 6) is 1.14. The summed E-state index contributed by atoms with van der Waals surface area (Å²) >= 11 is 3.21. The number of hydrogen-bond acceptors (Lipinski definition) is 7. The molecular formula is C20H19BrN4O5. The maximum atomic E-state index is 13.0. The van der Waals surface area contributed by atoms with E-state index in [-0.39, 0.29) is 24.2 Å². The third kappa shape index (κ3) is 3.95. The quantitative estimate of drug-likeness (QED) is 0.521. The zero-order valence-corrected chi connectivity index (χ0v) is 17.9. The molecule has 0 bridgehead atoms. The lowest BCUT2D eigenvalue weighted by Gasteiger charge is -2.21. The van der Waals surface area contributed by atoms with E-state index in [9.17, 15) is 9.59 Å². The Labute approximate surface area is 180 Å². The van der Waals surface area contributed by atoms with Crippen LogP contribution in [-0.4, -0.2) is 39.7 Å². The number of carbonyl (C=O) groups excluding carboxylic acids is 2. The molecule has 156 valence electrons. The highest BCUT2D eigenvalue weighted by molar-refractivity contribution is 9.10. The van der Waals surface area contributed by atoms with Crippen molar-refractivity contribution in [2.75, 3.05) is 7.11 Å². The van der Waals surface area contributed by atoms with Gasteiger partial charge in [-0.2, -0.15) is 0 Å². The molecule has 9 nitrogen and oxygen atoms in total. The Bertz CT molecular complexity index is 1080. The van der Waals surface area contributed by atoms with Crippen LogP contribution in [0.4, 0.5) is 4.79 Å². The fraction of sp³-hybridized carbons (Fsp3) is 0.300. The first kappa shape index (κ1) is 20.1. The number of urea groups is 1. The smallest absolute Gasteiger partial charge is 0.325 e. The number of methoxy groups -OCH3 is 1. The van der Waals surface area contributed by atoms with Gasteiger partial charge < -0.3 is 18.9 Å². The highest BCUT2D eigenvalue weighted by atomic mass is 79.9. The molecule has 0 spiro atoms. The molecule has 1 fully saturated rings. The zero-order valence-electron chi connectivity index (χ0n) is 16.3. The van der Waals surface area contributed by atoms with E-state index in [0.29, 0.717) is 23.3 Å². The number of nitrogens with zero attached hydrogens (tertiary/aromatic N) is 3. The number of rotatable bonds is 7. The normalized spacial score (nSPS) is 18.7. The topological polar surface area (TPSA) is 111 Å². The zero-order chi connectivity index (χ0) is 21.3. The van der Waals surface area contributed by atoms with Crippen molar-refractivity contribution in [2.24, 2.45) is 0 Å². The van der Waals surface area contributed by atoms with Crippen LogP contribution in [0.25, 0.3) is 11.7 Å². The summed E-state index contributed by atoms with van der Waals surface area (Å²) in [5, 5.41) is 10.6. The fourth-order valence-corrected chi connectivity index (χ4v) is 3.53. The van der Waals surface area contributed by atoms with Crippen molar-refractivity contribution in [2.45, 2.75) is 31.8 Å². The Morgan fingerprint density at radius 3 is 2.57 bits per heavy atom. The van der Waals surface area contributed by atoms with Crippen LogP contribution in [0, 0.1) is 0 Å². The van der Waals surface area contributed by atoms with Gasteiger partial charge in [-0.15, -0.1) is 10.2 Å². The standard InChI is InChI=1S/C20H19BrN4O5/c1-20(10-9-12-3-5-13(28-2)6-4-12)18(26)25(19(27)22-20)11-16-23-24-17(30-16)14-7-8-15(21)29-14/h3-8H,9-11H2,1-2H3,(H,22,27). The fourth-order valence-electron chi connectivity index (χ4n) is 3.23. The van der Waals surface area contributed by atoms with Gasteiger partial charge in [0.2, 0.25) is 5.89 Å². The highest BCUT2D eigenvalue weighted by Gasteiger charge is 2.47. The molecule has 2 aromatic heterocycles. The summed E-state index contributed by atoms with van der Waals surface area (Å²) in [6, 6.07) is 10.5. The van der Waals surface area contributed by atoms with Gasteiger partial charge in [-0.25, -0.2) is 4.79 Å². The molecule has 4 rings (SSSR count). The predicted octanol–water partition coefficient (Wildman–Crippen LogP) is 3.54. The van der Waals surface area contributed by atoms with Crippen molar-refractivity contribution in [3.63, 3.8) is 0 Å². The van der Waals surface area contributed by atoms with Gasteiger partial charge in [0.05, 0.1) is 7.11 Å². The molecule has 1 N–H and O–H groups in total. The largest absolute Gasteiger partial charge is 0.497 e. The van der Waals surface area contributed by atoms with Crippen LogP contribution < -0.4 is 10.1 Å². The van der Waals surface area contributed by atoms with E-state index >= 15 is 0 Å². The van der Waals surface area contributed by atoms with Crippen molar-refractivity contribution in [3.8, 4) is 17.4 Å². The monoisotopic (exact) mass is 474 g/mol. The van der Waals surface area contributed by atoms with Gasteiger partial charge in [0, 0.05) is 0 Å². The molecule has 1 aromatic carbocycles. The van der Waals surface area contributed by atoms with Crippen LogP contribution in [0.2, 0.25) is 0 Å². The minimum absolute atomic E-state index is 0.113. The average Bonchev–Trinajstić information content (AvgIpc) is 3.43. The van der Waals surface area contributed by atoms with E-state index in [1.165, 1.54) is 0 Å². The summed E-state index contributed by atoms with van der Waals surface area (Å²) in [6.45, 7) is 1.61. The van der Waals surface area contributed by atoms with Gasteiger partial charge >= 0.3 is 6.03 Å². The van der Waals surface area contributed by atoms with E-state index in [2.05, 4.69) is 31.4 Å². The number of aromatic nitrogens is 2. The van der Waals surface area contributed by atoms with Gasteiger partial charge in [0.25, 0.3) is 11.8 Å². The molecule has 1 atom stereocenters. The molecule has 3 aromatic rings. The van der Waals surface area contributed by atoms with Crippen LogP contribution in [-0.2, 0) is 17.8 Å². The number of imide groups is 1. The molecule has 0 aliphatic carbocycles. The van der Waals surface area contributed by atoms with Crippen LogP contribution in [0.3, 0.4) is 0 Å². The average molecular weight is 475 g/mol. The maximum absolute atomic E-state index is 13.0. The van der Waals surface area contributed by atoms with Crippen LogP contribution in [0.5, 0.6) is 5.75 Å². The lowest BCUT2D eigenvalue weighted by atomic mass is 9.93. The summed E-state index contributed by atoms with van der Waals surface area (Å²) in [4.78, 5) is 26.5. The Morgan fingerprint density at radius 2 is 1.90 bits per heavy atom. The van der Waals surface area contributed by atoms with Crippen LogP contribution in [0.1, 0.15) is 24.8 Å². The molecule has 10 heteroatoms. The van der Waals surface area contributed by atoms with Gasteiger partial charge in [-0.3, -0.25) is 9.69 Å². The number of carbonyl (C=O) groups is 2. The molecule has 0 saturated carbocycles. The van der Waals surface area contributed by atoms with Crippen molar-refractivity contribution in [1.82, 2.24) is 20.4 Å². The molecule has 1 aliphatic rings. The van der Waals surface area contributed by atoms with E-state index < -0.39 is 11.6 Å². The molecule has 0 radical (unpaired) electrons. The van der Waals surface area contributed by atoms with Crippen molar-refractivity contribution in [3.05, 3.63) is 52.5 Å². The number of furan rings is 1. The number of ether oxygens (including phenoxy) is 1. The van der Waals surface area contributed by atoms with Gasteiger partial charge in [0.15, 0.2) is 10.4 Å². The van der Waals surface area contributed by atoms with E-state index in [1.807, 2.05) is 24.3 Å². The molecule has 3 amide bonds. The molecule has 3 heterocycles. The Kier molecular flexibility index (Phi) is 5.33. The third-order valence-electron chi connectivity index (χ3n) is 4.96. The molecule has 1 aliphatic heterocycles. The van der Waals surface area contributed by atoms with E-state index in [1.54, 1.807) is 26.2 Å². The van der Waals surface area contributed by atoms with E-state index in [0.717, 1.165) is 16.2 Å². The lowest BCUT2D eigenvalue weighted by Crippen LogP contribution is -2.44. The van der Waals surface area contributed by atoms with Crippen LogP contribution in [0.15, 0.2) is 49.9 Å². The van der Waals surface area contributed by atoms with Gasteiger partial charge in [-0.05, 0) is 65.5 Å². The van der Waals surface area contributed by atoms with E-state index in [4.69, 9.17) is 13.6 Å². The SMILES string of the molecule is COc1ccc(CCC2(C)NC(=O)N(Cc3nnc(-c4ccc(Br)o4)o3)C2=O)cc1. The lowest BCUT2D eigenvalue weighted by molar-refractivity contribution is -0.131. The Hall–Kier alpha value is -3.14. The van der Waals surface area contributed by atoms with Crippen molar-refractivity contribution < 1.29 is 23.2 Å². The molecule has 1 saturated heterocycles.